The van der Waals surface area contributed by atoms with Crippen LogP contribution in [-0.4, -0.2) is 14.2 Å². The van der Waals surface area contributed by atoms with E-state index in [1.54, 1.807) is 14.2 Å². The molecule has 0 atom stereocenters. The Morgan fingerprint density at radius 2 is 1.55 bits per heavy atom. The van der Waals surface area contributed by atoms with Crippen molar-refractivity contribution < 1.29 is 9.47 Å². The first-order chi connectivity index (χ1) is 9.81. The molecule has 1 aliphatic rings. The summed E-state index contributed by atoms with van der Waals surface area (Å²) in [6.07, 6.45) is 4.46. The molecule has 0 saturated carbocycles. The van der Waals surface area contributed by atoms with E-state index in [2.05, 4.69) is 30.3 Å². The third kappa shape index (κ3) is 2.29. The Bertz CT molecular complexity index is 639. The second kappa shape index (κ2) is 5.41. The third-order valence-electron chi connectivity index (χ3n) is 3.77. The van der Waals surface area contributed by atoms with Crippen LogP contribution in [0.4, 0.5) is 0 Å². The zero-order chi connectivity index (χ0) is 13.9. The highest BCUT2D eigenvalue weighted by Gasteiger charge is 2.14. The van der Waals surface area contributed by atoms with Crippen molar-refractivity contribution in [2.45, 2.75) is 12.8 Å². The Balaban J connectivity index is 2.01. The largest absolute Gasteiger partial charge is 0.497 e. The van der Waals surface area contributed by atoms with Gasteiger partial charge in [0.25, 0.3) is 0 Å². The molecule has 0 N–H and O–H groups in total. The summed E-state index contributed by atoms with van der Waals surface area (Å²) < 4.78 is 10.5. The summed E-state index contributed by atoms with van der Waals surface area (Å²) in [6.45, 7) is 0. The molecule has 0 bridgehead atoms. The fourth-order valence-corrected chi connectivity index (χ4v) is 2.69. The van der Waals surface area contributed by atoms with E-state index in [9.17, 15) is 0 Å². The number of methoxy groups -OCH3 is 2. The quantitative estimate of drug-likeness (QED) is 0.833. The lowest BCUT2D eigenvalue weighted by Gasteiger charge is -2.19. The number of aryl methyl sites for hydroxylation is 1. The highest BCUT2D eigenvalue weighted by molar-refractivity contribution is 5.83. The van der Waals surface area contributed by atoms with Gasteiger partial charge < -0.3 is 9.47 Å². The summed E-state index contributed by atoms with van der Waals surface area (Å²) in [6, 6.07) is 14.6. The van der Waals surface area contributed by atoms with E-state index in [1.165, 1.54) is 22.3 Å². The van der Waals surface area contributed by atoms with Crippen LogP contribution in [0.1, 0.15) is 23.1 Å². The van der Waals surface area contributed by atoms with Crippen LogP contribution in [-0.2, 0) is 6.42 Å². The van der Waals surface area contributed by atoms with E-state index in [1.807, 2.05) is 18.2 Å². The SMILES string of the molecule is COc1ccc(C2=CCCc3cc(OC)ccc32)cc1. The first-order valence-corrected chi connectivity index (χ1v) is 6.83. The van der Waals surface area contributed by atoms with Gasteiger partial charge in [0.15, 0.2) is 0 Å². The maximum absolute atomic E-state index is 5.32. The average molecular weight is 266 g/mol. The van der Waals surface area contributed by atoms with Gasteiger partial charge in [-0.2, -0.15) is 0 Å². The van der Waals surface area contributed by atoms with Crippen LogP contribution < -0.4 is 9.47 Å². The monoisotopic (exact) mass is 266 g/mol. The average Bonchev–Trinajstić information content (AvgIpc) is 2.54. The van der Waals surface area contributed by atoms with Crippen LogP contribution in [0.2, 0.25) is 0 Å². The summed E-state index contributed by atoms with van der Waals surface area (Å²) in [7, 11) is 3.40. The molecule has 1 aliphatic carbocycles. The summed E-state index contributed by atoms with van der Waals surface area (Å²) in [5, 5.41) is 0. The van der Waals surface area contributed by atoms with E-state index in [0.717, 1.165) is 24.3 Å². The molecule has 20 heavy (non-hydrogen) atoms. The molecule has 3 rings (SSSR count). The van der Waals surface area contributed by atoms with Crippen LogP contribution in [0.5, 0.6) is 11.5 Å². The molecular formula is C18H18O2. The molecule has 0 amide bonds. The minimum atomic E-state index is 0.889. The first kappa shape index (κ1) is 12.8. The maximum Gasteiger partial charge on any atom is 0.119 e. The van der Waals surface area contributed by atoms with Gasteiger partial charge in [-0.3, -0.25) is 0 Å². The van der Waals surface area contributed by atoms with E-state index < -0.39 is 0 Å². The van der Waals surface area contributed by atoms with Gasteiger partial charge in [-0.15, -0.1) is 0 Å². The summed E-state index contributed by atoms with van der Waals surface area (Å²) >= 11 is 0. The van der Waals surface area contributed by atoms with E-state index in [4.69, 9.17) is 9.47 Å². The second-order valence-corrected chi connectivity index (χ2v) is 4.91. The van der Waals surface area contributed by atoms with Crippen molar-refractivity contribution in [1.82, 2.24) is 0 Å². The molecule has 0 fully saturated rings. The number of allylic oxidation sites excluding steroid dienone is 1. The summed E-state index contributed by atoms with van der Waals surface area (Å²) in [4.78, 5) is 0. The highest BCUT2D eigenvalue weighted by atomic mass is 16.5. The van der Waals surface area contributed by atoms with Crippen molar-refractivity contribution in [3.63, 3.8) is 0 Å². The summed E-state index contributed by atoms with van der Waals surface area (Å²) in [5.41, 5.74) is 5.20. The highest BCUT2D eigenvalue weighted by Crippen LogP contribution is 2.34. The molecule has 0 radical (unpaired) electrons. The molecule has 0 spiro atoms. The fraction of sp³-hybridized carbons (Fsp3) is 0.222. The van der Waals surface area contributed by atoms with Crippen molar-refractivity contribution in [2.24, 2.45) is 0 Å². The minimum Gasteiger partial charge on any atom is -0.497 e. The van der Waals surface area contributed by atoms with Crippen LogP contribution in [0.3, 0.4) is 0 Å². The van der Waals surface area contributed by atoms with E-state index in [-0.39, 0.29) is 0 Å². The minimum absolute atomic E-state index is 0.889. The third-order valence-corrected chi connectivity index (χ3v) is 3.77. The van der Waals surface area contributed by atoms with Crippen LogP contribution in [0, 0.1) is 0 Å². The molecule has 102 valence electrons. The summed E-state index contributed by atoms with van der Waals surface area (Å²) in [5.74, 6) is 1.82. The van der Waals surface area contributed by atoms with Crippen LogP contribution >= 0.6 is 0 Å². The molecular weight excluding hydrogens is 248 g/mol. The molecule has 2 aromatic carbocycles. The Hall–Kier alpha value is -2.22. The number of rotatable bonds is 3. The lowest BCUT2D eigenvalue weighted by atomic mass is 9.87. The first-order valence-electron chi connectivity index (χ1n) is 6.83. The van der Waals surface area contributed by atoms with Crippen molar-refractivity contribution >= 4 is 5.57 Å². The van der Waals surface area contributed by atoms with Crippen molar-refractivity contribution in [2.75, 3.05) is 14.2 Å². The molecule has 2 nitrogen and oxygen atoms in total. The second-order valence-electron chi connectivity index (χ2n) is 4.91. The molecule has 0 unspecified atom stereocenters. The molecule has 2 aromatic rings. The van der Waals surface area contributed by atoms with E-state index in [0.29, 0.717) is 0 Å². The van der Waals surface area contributed by atoms with Gasteiger partial charge >= 0.3 is 0 Å². The van der Waals surface area contributed by atoms with Gasteiger partial charge in [-0.05, 0) is 59.4 Å². The number of ether oxygens (including phenoxy) is 2. The van der Waals surface area contributed by atoms with E-state index >= 15 is 0 Å². The predicted octanol–water partition coefficient (Wildman–Crippen LogP) is 4.08. The normalized spacial score (nSPS) is 13.4. The Morgan fingerprint density at radius 3 is 2.25 bits per heavy atom. The van der Waals surface area contributed by atoms with Gasteiger partial charge in [-0.1, -0.05) is 24.3 Å². The van der Waals surface area contributed by atoms with Crippen LogP contribution in [0.25, 0.3) is 5.57 Å². The van der Waals surface area contributed by atoms with Gasteiger partial charge in [-0.25, -0.2) is 0 Å². The zero-order valence-corrected chi connectivity index (χ0v) is 11.8. The van der Waals surface area contributed by atoms with Gasteiger partial charge in [0, 0.05) is 0 Å². The van der Waals surface area contributed by atoms with Crippen molar-refractivity contribution in [3.8, 4) is 11.5 Å². The standard InChI is InChI=1S/C18H18O2/c1-19-15-8-6-13(7-9-15)17-5-3-4-14-12-16(20-2)10-11-18(14)17/h5-12H,3-4H2,1-2H3. The number of hydrogen-bond acceptors (Lipinski definition) is 2. The number of hydrogen-bond donors (Lipinski definition) is 0. The lowest BCUT2D eigenvalue weighted by molar-refractivity contribution is 0.414. The zero-order valence-electron chi connectivity index (χ0n) is 11.8. The van der Waals surface area contributed by atoms with Gasteiger partial charge in [0.05, 0.1) is 14.2 Å². The van der Waals surface area contributed by atoms with Gasteiger partial charge in [0.1, 0.15) is 11.5 Å². The molecule has 0 saturated heterocycles. The fourth-order valence-electron chi connectivity index (χ4n) is 2.69. The van der Waals surface area contributed by atoms with Gasteiger partial charge in [0.2, 0.25) is 0 Å². The Labute approximate surface area is 119 Å². The predicted molar refractivity (Wildman–Crippen MR) is 81.4 cm³/mol. The van der Waals surface area contributed by atoms with Crippen LogP contribution in [0.15, 0.2) is 48.5 Å². The lowest BCUT2D eigenvalue weighted by Crippen LogP contribution is -2.01. The maximum atomic E-state index is 5.32. The number of fused-ring (bicyclic) bond motifs is 1. The van der Waals surface area contributed by atoms with Crippen molar-refractivity contribution in [3.05, 3.63) is 65.2 Å². The Morgan fingerprint density at radius 1 is 0.850 bits per heavy atom. The molecule has 2 heteroatoms. The molecule has 0 aliphatic heterocycles. The topological polar surface area (TPSA) is 18.5 Å². The smallest absolute Gasteiger partial charge is 0.119 e. The Kier molecular flexibility index (Phi) is 3.46. The van der Waals surface area contributed by atoms with Crippen molar-refractivity contribution in [1.29, 1.82) is 0 Å². The molecule has 0 aromatic heterocycles. The number of benzene rings is 2. The molecule has 0 heterocycles.